The van der Waals surface area contributed by atoms with Crippen molar-refractivity contribution in [1.29, 1.82) is 0 Å². The van der Waals surface area contributed by atoms with Crippen molar-refractivity contribution >= 4 is 8.60 Å². The molecule has 1 unspecified atom stereocenters. The maximum atomic E-state index is 5.60. The van der Waals surface area contributed by atoms with Crippen LogP contribution < -0.4 is 5.73 Å². The van der Waals surface area contributed by atoms with Crippen LogP contribution in [0.5, 0.6) is 0 Å². The third-order valence-corrected chi connectivity index (χ3v) is 3.02. The van der Waals surface area contributed by atoms with Gasteiger partial charge in [-0.05, 0) is 40.2 Å². The largest absolute Gasteiger partial charge is 0.332 e. The number of nitrogens with two attached hydrogens (primary N) is 1. The van der Waals surface area contributed by atoms with Crippen LogP contribution in [0.25, 0.3) is 0 Å². The molecule has 0 heterocycles. The van der Waals surface area contributed by atoms with E-state index in [2.05, 4.69) is 0 Å². The quantitative estimate of drug-likeness (QED) is 0.610. The van der Waals surface area contributed by atoms with Crippen LogP contribution in [0, 0.1) is 0 Å². The van der Waals surface area contributed by atoms with Crippen molar-refractivity contribution < 1.29 is 13.6 Å². The Bertz CT molecular complexity index is 121. The Labute approximate surface area is 88.1 Å². The summed E-state index contributed by atoms with van der Waals surface area (Å²) in [6.07, 6.45) is 2.08. The van der Waals surface area contributed by atoms with E-state index in [1.165, 1.54) is 0 Å². The summed E-state index contributed by atoms with van der Waals surface area (Å²) in [5.74, 6) is 0. The second-order valence-corrected chi connectivity index (χ2v) is 4.08. The third-order valence-electron chi connectivity index (χ3n) is 1.55. The zero-order valence-corrected chi connectivity index (χ0v) is 10.3. The Kier molecular flexibility index (Phi) is 10.0. The molecule has 0 spiro atoms. The summed E-state index contributed by atoms with van der Waals surface area (Å²) in [5, 5.41) is 0. The standard InChI is InChI=1S/C9H22NO3P/c1-4-11-14(12-5-2)13-9(3)7-6-8-10/h9H,4-8,10H2,1-3H3. The summed E-state index contributed by atoms with van der Waals surface area (Å²) in [6.45, 7) is 7.83. The van der Waals surface area contributed by atoms with Gasteiger partial charge in [-0.2, -0.15) is 0 Å². The highest BCUT2D eigenvalue weighted by Gasteiger charge is 2.14. The fourth-order valence-electron chi connectivity index (χ4n) is 0.914. The normalized spacial score (nSPS) is 13.5. The molecule has 0 saturated carbocycles. The van der Waals surface area contributed by atoms with Crippen LogP contribution in [0.15, 0.2) is 0 Å². The van der Waals surface area contributed by atoms with E-state index < -0.39 is 8.60 Å². The molecule has 0 rings (SSSR count). The highest BCUT2D eigenvalue weighted by molar-refractivity contribution is 7.41. The number of hydrogen-bond acceptors (Lipinski definition) is 4. The summed E-state index contributed by atoms with van der Waals surface area (Å²) >= 11 is 0. The fraction of sp³-hybridized carbons (Fsp3) is 1.00. The van der Waals surface area contributed by atoms with Gasteiger partial charge >= 0.3 is 8.60 Å². The molecule has 0 aromatic heterocycles. The molecule has 0 aromatic rings. The Morgan fingerprint density at radius 2 is 1.79 bits per heavy atom. The van der Waals surface area contributed by atoms with E-state index in [0.29, 0.717) is 19.8 Å². The van der Waals surface area contributed by atoms with Gasteiger partial charge in [0.25, 0.3) is 0 Å². The molecule has 1 atom stereocenters. The van der Waals surface area contributed by atoms with Crippen LogP contribution in [-0.2, 0) is 13.6 Å². The predicted octanol–water partition coefficient (Wildman–Crippen LogP) is 2.43. The van der Waals surface area contributed by atoms with Crippen molar-refractivity contribution in [3.05, 3.63) is 0 Å². The second-order valence-electron chi connectivity index (χ2n) is 2.91. The smallest absolute Gasteiger partial charge is 0.330 e. The molecule has 2 N–H and O–H groups in total. The molecule has 0 aromatic carbocycles. The predicted molar refractivity (Wildman–Crippen MR) is 59.0 cm³/mol. The molecule has 14 heavy (non-hydrogen) atoms. The average molecular weight is 223 g/mol. The van der Waals surface area contributed by atoms with Gasteiger partial charge in [0.1, 0.15) is 0 Å². The molecular formula is C9H22NO3P. The molecule has 5 heteroatoms. The molecule has 4 nitrogen and oxygen atoms in total. The summed E-state index contributed by atoms with van der Waals surface area (Å²) in [7, 11) is -1.16. The minimum absolute atomic E-state index is 0.155. The lowest BCUT2D eigenvalue weighted by atomic mass is 10.2. The van der Waals surface area contributed by atoms with Crippen molar-refractivity contribution in [2.45, 2.75) is 39.7 Å². The van der Waals surface area contributed by atoms with Gasteiger partial charge in [-0.15, -0.1) is 0 Å². The molecule has 0 radical (unpaired) electrons. The summed E-state index contributed by atoms with van der Waals surface area (Å²) in [4.78, 5) is 0. The first-order chi connectivity index (χ1) is 6.74. The van der Waals surface area contributed by atoms with Gasteiger partial charge in [-0.3, -0.25) is 0 Å². The van der Waals surface area contributed by atoms with E-state index >= 15 is 0 Å². The molecule has 0 aliphatic heterocycles. The van der Waals surface area contributed by atoms with E-state index in [4.69, 9.17) is 19.3 Å². The lowest BCUT2D eigenvalue weighted by Gasteiger charge is -2.19. The zero-order valence-electron chi connectivity index (χ0n) is 9.36. The summed E-state index contributed by atoms with van der Waals surface area (Å²) in [5.41, 5.74) is 5.41. The van der Waals surface area contributed by atoms with Gasteiger partial charge in [0, 0.05) is 0 Å². The Hall–Kier alpha value is 0.270. The minimum atomic E-state index is -1.16. The van der Waals surface area contributed by atoms with Crippen LogP contribution in [0.3, 0.4) is 0 Å². The summed E-state index contributed by atoms with van der Waals surface area (Å²) < 4.78 is 16.2. The first kappa shape index (κ1) is 14.3. The Morgan fingerprint density at radius 1 is 1.21 bits per heavy atom. The minimum Gasteiger partial charge on any atom is -0.330 e. The van der Waals surface area contributed by atoms with Crippen LogP contribution in [0.2, 0.25) is 0 Å². The maximum Gasteiger partial charge on any atom is 0.332 e. The zero-order chi connectivity index (χ0) is 10.8. The van der Waals surface area contributed by atoms with Crippen LogP contribution in [-0.4, -0.2) is 25.9 Å². The average Bonchev–Trinajstić information content (AvgIpc) is 2.15. The van der Waals surface area contributed by atoms with Crippen molar-refractivity contribution in [1.82, 2.24) is 0 Å². The van der Waals surface area contributed by atoms with E-state index in [1.54, 1.807) is 0 Å². The molecule has 86 valence electrons. The van der Waals surface area contributed by atoms with E-state index in [1.807, 2.05) is 20.8 Å². The molecular weight excluding hydrogens is 201 g/mol. The Morgan fingerprint density at radius 3 is 2.21 bits per heavy atom. The van der Waals surface area contributed by atoms with Gasteiger partial charge in [0.2, 0.25) is 0 Å². The fourth-order valence-corrected chi connectivity index (χ4v) is 1.93. The lowest BCUT2D eigenvalue weighted by Crippen LogP contribution is -2.10. The molecule has 0 fully saturated rings. The molecule has 0 aliphatic carbocycles. The first-order valence-electron chi connectivity index (χ1n) is 5.17. The van der Waals surface area contributed by atoms with Crippen molar-refractivity contribution in [3.8, 4) is 0 Å². The van der Waals surface area contributed by atoms with E-state index in [0.717, 1.165) is 12.8 Å². The Balaban J connectivity index is 3.64. The van der Waals surface area contributed by atoms with Crippen LogP contribution in [0.4, 0.5) is 0 Å². The van der Waals surface area contributed by atoms with Gasteiger partial charge in [0.15, 0.2) is 0 Å². The third kappa shape index (κ3) is 7.65. The van der Waals surface area contributed by atoms with Gasteiger partial charge in [-0.1, -0.05) is 0 Å². The SMILES string of the molecule is CCOP(OCC)OC(C)CCCN. The van der Waals surface area contributed by atoms with E-state index in [9.17, 15) is 0 Å². The maximum absolute atomic E-state index is 5.60. The monoisotopic (exact) mass is 223 g/mol. The summed E-state index contributed by atoms with van der Waals surface area (Å²) in [6, 6.07) is 0. The number of rotatable bonds is 9. The molecule has 0 saturated heterocycles. The van der Waals surface area contributed by atoms with Crippen molar-refractivity contribution in [3.63, 3.8) is 0 Å². The lowest BCUT2D eigenvalue weighted by molar-refractivity contribution is 0.127. The molecule has 0 aliphatic rings. The second kappa shape index (κ2) is 9.81. The topological polar surface area (TPSA) is 53.7 Å². The number of hydrogen-bond donors (Lipinski definition) is 1. The van der Waals surface area contributed by atoms with Crippen LogP contribution in [0.1, 0.15) is 33.6 Å². The van der Waals surface area contributed by atoms with Crippen molar-refractivity contribution in [2.75, 3.05) is 19.8 Å². The van der Waals surface area contributed by atoms with Gasteiger partial charge in [0.05, 0.1) is 19.3 Å². The molecule has 0 bridgehead atoms. The van der Waals surface area contributed by atoms with Gasteiger partial charge in [-0.25, -0.2) is 0 Å². The first-order valence-corrected chi connectivity index (χ1v) is 6.26. The highest BCUT2D eigenvalue weighted by Crippen LogP contribution is 2.41. The van der Waals surface area contributed by atoms with Gasteiger partial charge < -0.3 is 19.3 Å². The van der Waals surface area contributed by atoms with Crippen LogP contribution >= 0.6 is 8.60 Å². The van der Waals surface area contributed by atoms with E-state index in [-0.39, 0.29) is 6.10 Å². The van der Waals surface area contributed by atoms with Crippen molar-refractivity contribution in [2.24, 2.45) is 5.73 Å². The molecule has 0 amide bonds. The highest BCUT2D eigenvalue weighted by atomic mass is 31.2.